The maximum absolute atomic E-state index is 12.1. The predicted molar refractivity (Wildman–Crippen MR) is 124 cm³/mol. The zero-order valence-corrected chi connectivity index (χ0v) is 19.0. The van der Waals surface area contributed by atoms with E-state index in [0.717, 1.165) is 61.6 Å². The van der Waals surface area contributed by atoms with Crippen molar-refractivity contribution in [2.45, 2.75) is 18.9 Å². The Morgan fingerprint density at radius 2 is 1.74 bits per heavy atom. The van der Waals surface area contributed by atoms with Gasteiger partial charge in [-0.2, -0.15) is 0 Å². The van der Waals surface area contributed by atoms with E-state index in [1.165, 1.54) is 16.2 Å². The lowest BCUT2D eigenvalue weighted by atomic mass is 9.98. The number of hydrogen-bond acceptors (Lipinski definition) is 6. The molecular formula is C23H31N3O4S. The molecule has 2 aromatic rings. The Balaban J connectivity index is 1.36. The Morgan fingerprint density at radius 3 is 2.39 bits per heavy atom. The number of methoxy groups -OCH3 is 1. The average molecular weight is 446 g/mol. The lowest BCUT2D eigenvalue weighted by molar-refractivity contribution is 0.109. The van der Waals surface area contributed by atoms with Crippen molar-refractivity contribution in [3.05, 3.63) is 53.6 Å². The number of hydrogen-bond donors (Lipinski definition) is 1. The molecule has 1 N–H and O–H groups in total. The quantitative estimate of drug-likeness (QED) is 0.735. The van der Waals surface area contributed by atoms with Gasteiger partial charge in [-0.1, -0.05) is 12.1 Å². The Kier molecular flexibility index (Phi) is 6.41. The Bertz CT molecular complexity index is 1000. The molecule has 168 valence electrons. The number of benzene rings is 2. The summed E-state index contributed by atoms with van der Waals surface area (Å²) in [6, 6.07) is 13.8. The van der Waals surface area contributed by atoms with Crippen LogP contribution in [0.1, 0.15) is 23.7 Å². The molecule has 1 saturated heterocycles. The van der Waals surface area contributed by atoms with Crippen LogP contribution in [0.25, 0.3) is 0 Å². The Hall–Kier alpha value is -2.29. The molecule has 0 spiro atoms. The van der Waals surface area contributed by atoms with Crippen molar-refractivity contribution in [2.24, 2.45) is 0 Å². The van der Waals surface area contributed by atoms with Crippen molar-refractivity contribution in [3.63, 3.8) is 0 Å². The van der Waals surface area contributed by atoms with E-state index in [4.69, 9.17) is 4.74 Å². The number of aryl methyl sites for hydroxylation is 1. The van der Waals surface area contributed by atoms with Crippen LogP contribution in [0.15, 0.2) is 42.5 Å². The molecule has 0 bridgehead atoms. The van der Waals surface area contributed by atoms with E-state index in [-0.39, 0.29) is 0 Å². The smallest absolute Gasteiger partial charge is 0.232 e. The van der Waals surface area contributed by atoms with Crippen LogP contribution in [0, 0.1) is 0 Å². The zero-order chi connectivity index (χ0) is 22.0. The molecule has 2 heterocycles. The van der Waals surface area contributed by atoms with Gasteiger partial charge in [-0.05, 0) is 54.3 Å². The minimum absolute atomic E-state index is 0.520. The zero-order valence-electron chi connectivity index (χ0n) is 18.2. The summed E-state index contributed by atoms with van der Waals surface area (Å²) in [6.07, 6.45) is 2.29. The molecule has 1 atom stereocenters. The van der Waals surface area contributed by atoms with Gasteiger partial charge in [-0.15, -0.1) is 0 Å². The summed E-state index contributed by atoms with van der Waals surface area (Å²) in [5.74, 6) is 0.857. The number of piperazine rings is 1. The third kappa shape index (κ3) is 4.97. The molecule has 31 heavy (non-hydrogen) atoms. The minimum Gasteiger partial charge on any atom is -0.497 e. The van der Waals surface area contributed by atoms with Crippen LogP contribution in [0.5, 0.6) is 5.75 Å². The fraction of sp³-hybridized carbons (Fsp3) is 0.478. The van der Waals surface area contributed by atoms with E-state index in [1.54, 1.807) is 7.11 Å². The summed E-state index contributed by atoms with van der Waals surface area (Å²) in [5, 5.41) is 10.8. The van der Waals surface area contributed by atoms with Gasteiger partial charge in [-0.25, -0.2) is 8.42 Å². The van der Waals surface area contributed by atoms with Crippen LogP contribution in [0.4, 0.5) is 11.4 Å². The number of fused-ring (bicyclic) bond motifs is 1. The van der Waals surface area contributed by atoms with Crippen molar-refractivity contribution >= 4 is 21.4 Å². The first-order valence-electron chi connectivity index (χ1n) is 10.7. The van der Waals surface area contributed by atoms with Crippen LogP contribution in [-0.2, 0) is 16.4 Å². The van der Waals surface area contributed by atoms with Crippen molar-refractivity contribution < 1.29 is 18.3 Å². The summed E-state index contributed by atoms with van der Waals surface area (Å²) in [7, 11) is -1.61. The molecule has 0 radical (unpaired) electrons. The van der Waals surface area contributed by atoms with Crippen LogP contribution in [0.3, 0.4) is 0 Å². The molecule has 0 amide bonds. The Morgan fingerprint density at radius 1 is 1.03 bits per heavy atom. The van der Waals surface area contributed by atoms with Gasteiger partial charge in [0.15, 0.2) is 0 Å². The molecule has 1 fully saturated rings. The van der Waals surface area contributed by atoms with E-state index in [2.05, 4.69) is 21.9 Å². The summed E-state index contributed by atoms with van der Waals surface area (Å²) in [4.78, 5) is 4.63. The molecular weight excluding hydrogens is 414 g/mol. The second-order valence-corrected chi connectivity index (χ2v) is 10.2. The molecule has 8 heteroatoms. The van der Waals surface area contributed by atoms with Crippen LogP contribution >= 0.6 is 0 Å². The third-order valence-corrected chi connectivity index (χ3v) is 7.39. The first-order chi connectivity index (χ1) is 14.8. The summed E-state index contributed by atoms with van der Waals surface area (Å²) in [6.45, 7) is 4.68. The summed E-state index contributed by atoms with van der Waals surface area (Å²) < 4.78 is 30.8. The van der Waals surface area contributed by atoms with E-state index in [0.29, 0.717) is 13.1 Å². The highest BCUT2D eigenvalue weighted by molar-refractivity contribution is 7.92. The number of anilines is 2. The molecule has 2 aliphatic rings. The molecule has 2 aromatic carbocycles. The maximum Gasteiger partial charge on any atom is 0.232 e. The van der Waals surface area contributed by atoms with E-state index in [9.17, 15) is 13.5 Å². The number of aliphatic hydroxyl groups excluding tert-OH is 1. The van der Waals surface area contributed by atoms with E-state index >= 15 is 0 Å². The lowest BCUT2D eigenvalue weighted by Crippen LogP contribution is -2.47. The topological polar surface area (TPSA) is 73.3 Å². The van der Waals surface area contributed by atoms with E-state index < -0.39 is 16.1 Å². The van der Waals surface area contributed by atoms with Crippen LogP contribution in [0.2, 0.25) is 0 Å². The van der Waals surface area contributed by atoms with Crippen molar-refractivity contribution in [1.29, 1.82) is 0 Å². The highest BCUT2D eigenvalue weighted by Crippen LogP contribution is 2.31. The van der Waals surface area contributed by atoms with Crippen molar-refractivity contribution in [3.8, 4) is 5.75 Å². The molecule has 0 saturated carbocycles. The van der Waals surface area contributed by atoms with Gasteiger partial charge in [0.25, 0.3) is 0 Å². The SMILES string of the molecule is COc1ccc(N2CCN(C[C@@H](O)c3ccc4c(c3)CCCN4S(C)(=O)=O)CC2)cc1. The first kappa shape index (κ1) is 21.9. The summed E-state index contributed by atoms with van der Waals surface area (Å²) >= 11 is 0. The average Bonchev–Trinajstić information content (AvgIpc) is 2.78. The Labute approximate surface area is 184 Å². The highest BCUT2D eigenvalue weighted by atomic mass is 32.2. The van der Waals surface area contributed by atoms with Gasteiger partial charge in [0.05, 0.1) is 25.2 Å². The van der Waals surface area contributed by atoms with E-state index in [1.807, 2.05) is 30.3 Å². The normalized spacial score (nSPS) is 18.5. The van der Waals surface area contributed by atoms with Gasteiger partial charge < -0.3 is 14.7 Å². The number of sulfonamides is 1. The number of nitrogens with zero attached hydrogens (tertiary/aromatic N) is 3. The first-order valence-corrected chi connectivity index (χ1v) is 12.6. The van der Waals surface area contributed by atoms with Crippen LogP contribution in [-0.4, -0.2) is 71.1 Å². The van der Waals surface area contributed by atoms with Crippen molar-refractivity contribution in [2.75, 3.05) is 61.8 Å². The number of β-amino-alcohol motifs (C(OH)–C–C–N with tert-alkyl or cyclic N) is 1. The summed E-state index contributed by atoms with van der Waals surface area (Å²) in [5.41, 5.74) is 3.79. The fourth-order valence-corrected chi connectivity index (χ4v) is 5.46. The second kappa shape index (κ2) is 9.06. The lowest BCUT2D eigenvalue weighted by Gasteiger charge is -2.37. The fourth-order valence-electron chi connectivity index (χ4n) is 4.47. The van der Waals surface area contributed by atoms with Crippen molar-refractivity contribution in [1.82, 2.24) is 4.90 Å². The minimum atomic E-state index is -3.28. The largest absolute Gasteiger partial charge is 0.497 e. The number of rotatable bonds is 6. The van der Waals surface area contributed by atoms with Crippen LogP contribution < -0.4 is 13.9 Å². The number of aliphatic hydroxyl groups is 1. The van der Waals surface area contributed by atoms with Gasteiger partial charge in [0.1, 0.15) is 5.75 Å². The van der Waals surface area contributed by atoms with Gasteiger partial charge in [0, 0.05) is 45.0 Å². The van der Waals surface area contributed by atoms with Gasteiger partial charge in [-0.3, -0.25) is 9.21 Å². The monoisotopic (exact) mass is 445 g/mol. The maximum atomic E-state index is 12.1. The highest BCUT2D eigenvalue weighted by Gasteiger charge is 2.26. The predicted octanol–water partition coefficient (Wildman–Crippen LogP) is 2.26. The molecule has 0 unspecified atom stereocenters. The molecule has 0 aromatic heterocycles. The van der Waals surface area contributed by atoms with Gasteiger partial charge in [0.2, 0.25) is 10.0 Å². The standard InChI is InChI=1S/C23H31N3O4S/c1-30-21-8-6-20(7-9-21)25-14-12-24(13-15-25)17-23(27)19-5-10-22-18(16-19)4-3-11-26(22)31(2,28)29/h5-10,16,23,27H,3-4,11-15,17H2,1-2H3/t23-/m1/s1. The number of ether oxygens (including phenoxy) is 1. The van der Waals surface area contributed by atoms with Gasteiger partial charge >= 0.3 is 0 Å². The second-order valence-electron chi connectivity index (χ2n) is 8.33. The molecule has 4 rings (SSSR count). The third-order valence-electron chi connectivity index (χ3n) is 6.21. The molecule has 0 aliphatic carbocycles. The molecule has 2 aliphatic heterocycles. The molecule has 7 nitrogen and oxygen atoms in total.